The Morgan fingerprint density at radius 3 is 2.31 bits per heavy atom. The molecule has 128 valence electrons. The molecule has 0 atom stereocenters. The smallest absolute Gasteiger partial charge is 0.220 e. The predicted molar refractivity (Wildman–Crippen MR) is 109 cm³/mol. The van der Waals surface area contributed by atoms with Gasteiger partial charge < -0.3 is 9.32 Å². The van der Waals surface area contributed by atoms with E-state index in [2.05, 4.69) is 58.4 Å². The number of anilines is 1. The number of aromatic nitrogens is 1. The standard InChI is InChI=1S/C23H20N2O/c1-25(2)20-12-8-17(9-13-20)10-15-23-24-21-16-19(11-14-22(21)26-23)18-6-4-3-5-7-18/h3-16H,1-2H3. The van der Waals surface area contributed by atoms with Crippen molar-refractivity contribution in [2.24, 2.45) is 0 Å². The van der Waals surface area contributed by atoms with Gasteiger partial charge in [0.2, 0.25) is 5.89 Å². The van der Waals surface area contributed by atoms with Gasteiger partial charge in [-0.2, -0.15) is 0 Å². The van der Waals surface area contributed by atoms with Crippen LogP contribution in [0.25, 0.3) is 34.4 Å². The average Bonchev–Trinajstić information content (AvgIpc) is 3.09. The Morgan fingerprint density at radius 2 is 1.58 bits per heavy atom. The van der Waals surface area contributed by atoms with Crippen molar-refractivity contribution in [3.63, 3.8) is 0 Å². The van der Waals surface area contributed by atoms with Crippen LogP contribution in [-0.4, -0.2) is 19.1 Å². The summed E-state index contributed by atoms with van der Waals surface area (Å²) in [5.41, 5.74) is 6.28. The quantitative estimate of drug-likeness (QED) is 0.475. The second-order valence-electron chi connectivity index (χ2n) is 6.42. The van der Waals surface area contributed by atoms with Crippen molar-refractivity contribution in [3.05, 3.63) is 84.3 Å². The number of hydrogen-bond donors (Lipinski definition) is 0. The summed E-state index contributed by atoms with van der Waals surface area (Å²) in [6.45, 7) is 0. The molecule has 0 aliphatic carbocycles. The molecule has 3 nitrogen and oxygen atoms in total. The number of nitrogens with zero attached hydrogens (tertiary/aromatic N) is 2. The molecular weight excluding hydrogens is 320 g/mol. The molecule has 0 fully saturated rings. The van der Waals surface area contributed by atoms with E-state index in [-0.39, 0.29) is 0 Å². The number of fused-ring (bicyclic) bond motifs is 1. The predicted octanol–water partition coefficient (Wildman–Crippen LogP) is 5.73. The molecule has 0 saturated carbocycles. The van der Waals surface area contributed by atoms with Gasteiger partial charge in [0.15, 0.2) is 5.58 Å². The lowest BCUT2D eigenvalue weighted by Crippen LogP contribution is -2.07. The van der Waals surface area contributed by atoms with Crippen LogP contribution in [-0.2, 0) is 0 Å². The maximum atomic E-state index is 5.84. The lowest BCUT2D eigenvalue weighted by Gasteiger charge is -2.11. The van der Waals surface area contributed by atoms with Crippen LogP contribution >= 0.6 is 0 Å². The Morgan fingerprint density at radius 1 is 0.808 bits per heavy atom. The lowest BCUT2D eigenvalue weighted by molar-refractivity contribution is 0.590. The molecule has 3 heteroatoms. The van der Waals surface area contributed by atoms with Crippen molar-refractivity contribution in [2.45, 2.75) is 0 Å². The fourth-order valence-electron chi connectivity index (χ4n) is 2.88. The van der Waals surface area contributed by atoms with Crippen molar-refractivity contribution in [1.29, 1.82) is 0 Å². The van der Waals surface area contributed by atoms with E-state index in [0.29, 0.717) is 5.89 Å². The molecule has 0 radical (unpaired) electrons. The van der Waals surface area contributed by atoms with E-state index in [9.17, 15) is 0 Å². The number of oxazole rings is 1. The van der Waals surface area contributed by atoms with Gasteiger partial charge in [0.05, 0.1) is 0 Å². The van der Waals surface area contributed by atoms with Crippen LogP contribution < -0.4 is 4.90 Å². The highest BCUT2D eigenvalue weighted by Gasteiger charge is 2.05. The van der Waals surface area contributed by atoms with Gasteiger partial charge in [-0.25, -0.2) is 4.98 Å². The van der Waals surface area contributed by atoms with Gasteiger partial charge in [-0.1, -0.05) is 48.5 Å². The molecular formula is C23H20N2O. The molecule has 1 heterocycles. The Bertz CT molecular complexity index is 1040. The van der Waals surface area contributed by atoms with Crippen LogP contribution in [0.3, 0.4) is 0 Å². The minimum Gasteiger partial charge on any atom is -0.437 e. The number of rotatable bonds is 4. The Kier molecular flexibility index (Phi) is 4.28. The Balaban J connectivity index is 1.59. The van der Waals surface area contributed by atoms with E-state index in [1.165, 1.54) is 11.3 Å². The molecule has 0 aliphatic heterocycles. The Labute approximate surface area is 153 Å². The average molecular weight is 340 g/mol. The molecule has 4 aromatic rings. The van der Waals surface area contributed by atoms with Gasteiger partial charge in [0, 0.05) is 25.9 Å². The number of benzene rings is 3. The summed E-state index contributed by atoms with van der Waals surface area (Å²) in [4.78, 5) is 6.68. The zero-order valence-corrected chi connectivity index (χ0v) is 14.9. The van der Waals surface area contributed by atoms with Crippen molar-refractivity contribution >= 4 is 28.9 Å². The van der Waals surface area contributed by atoms with E-state index < -0.39 is 0 Å². The molecule has 3 aromatic carbocycles. The van der Waals surface area contributed by atoms with Crippen LogP contribution in [0.5, 0.6) is 0 Å². The van der Waals surface area contributed by atoms with E-state index >= 15 is 0 Å². The van der Waals surface area contributed by atoms with Gasteiger partial charge >= 0.3 is 0 Å². The summed E-state index contributed by atoms with van der Waals surface area (Å²) in [5.74, 6) is 0.613. The van der Waals surface area contributed by atoms with E-state index in [0.717, 1.165) is 22.2 Å². The summed E-state index contributed by atoms with van der Waals surface area (Å²) >= 11 is 0. The molecule has 26 heavy (non-hydrogen) atoms. The van der Waals surface area contributed by atoms with E-state index in [1.807, 2.05) is 50.5 Å². The van der Waals surface area contributed by atoms with Crippen molar-refractivity contribution < 1.29 is 4.42 Å². The van der Waals surface area contributed by atoms with Crippen LogP contribution in [0.1, 0.15) is 11.5 Å². The highest BCUT2D eigenvalue weighted by atomic mass is 16.3. The molecule has 0 amide bonds. The molecule has 0 N–H and O–H groups in total. The monoisotopic (exact) mass is 340 g/mol. The summed E-state index contributed by atoms with van der Waals surface area (Å²) in [5, 5.41) is 0. The van der Waals surface area contributed by atoms with Gasteiger partial charge in [0.25, 0.3) is 0 Å². The third-order valence-electron chi connectivity index (χ3n) is 4.34. The third-order valence-corrected chi connectivity index (χ3v) is 4.34. The van der Waals surface area contributed by atoms with E-state index in [1.54, 1.807) is 0 Å². The normalized spacial score (nSPS) is 11.3. The largest absolute Gasteiger partial charge is 0.437 e. The first kappa shape index (κ1) is 16.2. The topological polar surface area (TPSA) is 29.3 Å². The first-order valence-electron chi connectivity index (χ1n) is 8.60. The van der Waals surface area contributed by atoms with Gasteiger partial charge in [0.1, 0.15) is 5.52 Å². The molecule has 4 rings (SSSR count). The molecule has 0 spiro atoms. The summed E-state index contributed by atoms with van der Waals surface area (Å²) in [6.07, 6.45) is 3.93. The summed E-state index contributed by atoms with van der Waals surface area (Å²) in [7, 11) is 4.07. The zero-order valence-electron chi connectivity index (χ0n) is 14.9. The molecule has 0 aliphatic rings. The minimum absolute atomic E-state index is 0.613. The van der Waals surface area contributed by atoms with Gasteiger partial charge in [-0.3, -0.25) is 0 Å². The summed E-state index contributed by atoms with van der Waals surface area (Å²) in [6, 6.07) is 24.8. The van der Waals surface area contributed by atoms with Gasteiger partial charge in [-0.15, -0.1) is 0 Å². The first-order valence-corrected chi connectivity index (χ1v) is 8.60. The van der Waals surface area contributed by atoms with Crippen molar-refractivity contribution in [1.82, 2.24) is 4.98 Å². The summed E-state index contributed by atoms with van der Waals surface area (Å²) < 4.78 is 5.84. The molecule has 0 bridgehead atoms. The highest BCUT2D eigenvalue weighted by Crippen LogP contribution is 2.25. The first-order chi connectivity index (χ1) is 12.7. The third kappa shape index (κ3) is 3.38. The van der Waals surface area contributed by atoms with Crippen LogP contribution in [0.15, 0.2) is 77.2 Å². The van der Waals surface area contributed by atoms with Crippen molar-refractivity contribution in [2.75, 3.05) is 19.0 Å². The second-order valence-corrected chi connectivity index (χ2v) is 6.42. The molecule has 0 unspecified atom stereocenters. The second kappa shape index (κ2) is 6.89. The fraction of sp³-hybridized carbons (Fsp3) is 0.0870. The van der Waals surface area contributed by atoms with Crippen molar-refractivity contribution in [3.8, 4) is 11.1 Å². The maximum absolute atomic E-state index is 5.84. The highest BCUT2D eigenvalue weighted by molar-refractivity contribution is 5.82. The number of hydrogen-bond acceptors (Lipinski definition) is 3. The SMILES string of the molecule is CN(C)c1ccc(C=Cc2nc3cc(-c4ccccc4)ccc3o2)cc1. The Hall–Kier alpha value is -3.33. The van der Waals surface area contributed by atoms with E-state index in [4.69, 9.17) is 4.42 Å². The zero-order chi connectivity index (χ0) is 17.9. The fourth-order valence-corrected chi connectivity index (χ4v) is 2.88. The van der Waals surface area contributed by atoms with Crippen LogP contribution in [0.4, 0.5) is 5.69 Å². The minimum atomic E-state index is 0.613. The molecule has 1 aromatic heterocycles. The van der Waals surface area contributed by atoms with Crippen LogP contribution in [0, 0.1) is 0 Å². The van der Waals surface area contributed by atoms with Gasteiger partial charge in [-0.05, 0) is 47.0 Å². The maximum Gasteiger partial charge on any atom is 0.220 e. The lowest BCUT2D eigenvalue weighted by atomic mass is 10.1. The van der Waals surface area contributed by atoms with Crippen LogP contribution in [0.2, 0.25) is 0 Å². The molecule has 0 saturated heterocycles.